The first-order chi connectivity index (χ1) is 10.2. The van der Waals surface area contributed by atoms with Crippen LogP contribution in [0.2, 0.25) is 5.02 Å². The molecular weight excluding hydrogens is 286 g/mol. The minimum atomic E-state index is -0.0566. The number of pyridine rings is 1. The van der Waals surface area contributed by atoms with Crippen LogP contribution in [0, 0.1) is 6.92 Å². The highest BCUT2D eigenvalue weighted by molar-refractivity contribution is 6.32. The molecule has 0 saturated heterocycles. The lowest BCUT2D eigenvalue weighted by molar-refractivity contribution is 0.283. The molecule has 0 atom stereocenters. The van der Waals surface area contributed by atoms with Crippen LogP contribution in [0.1, 0.15) is 11.1 Å². The summed E-state index contributed by atoms with van der Waals surface area (Å²) >= 11 is 6.16. The number of hydrogen-bond acceptors (Lipinski definition) is 3. The van der Waals surface area contributed by atoms with Gasteiger partial charge in [0.05, 0.1) is 11.6 Å². The van der Waals surface area contributed by atoms with Crippen molar-refractivity contribution in [2.45, 2.75) is 13.5 Å². The van der Waals surface area contributed by atoms with Crippen LogP contribution in [0.3, 0.4) is 0 Å². The predicted molar refractivity (Wildman–Crippen MR) is 83.9 cm³/mol. The van der Waals surface area contributed by atoms with Crippen LogP contribution in [0.5, 0.6) is 11.6 Å². The van der Waals surface area contributed by atoms with Gasteiger partial charge in [0.15, 0.2) is 0 Å². The number of aliphatic hydroxyl groups excluding tert-OH is 1. The van der Waals surface area contributed by atoms with E-state index in [9.17, 15) is 5.11 Å². The van der Waals surface area contributed by atoms with Crippen molar-refractivity contribution in [2.75, 3.05) is 0 Å². The van der Waals surface area contributed by atoms with Crippen molar-refractivity contribution >= 4 is 22.4 Å². The second-order valence-electron chi connectivity index (χ2n) is 4.83. The number of aliphatic hydroxyl groups is 1. The number of ether oxygens (including phenoxy) is 1. The summed E-state index contributed by atoms with van der Waals surface area (Å²) in [4.78, 5) is 4.30. The Bertz CT molecular complexity index is 802. The van der Waals surface area contributed by atoms with Crippen LogP contribution in [0.25, 0.3) is 10.8 Å². The van der Waals surface area contributed by atoms with E-state index in [1.807, 2.05) is 43.3 Å². The van der Waals surface area contributed by atoms with Crippen molar-refractivity contribution < 1.29 is 9.84 Å². The Labute approximate surface area is 127 Å². The maximum absolute atomic E-state index is 9.39. The molecule has 3 rings (SSSR count). The molecule has 0 aliphatic rings. The van der Waals surface area contributed by atoms with Crippen molar-refractivity contribution in [3.8, 4) is 11.6 Å². The number of halogens is 1. The minimum Gasteiger partial charge on any atom is -0.437 e. The molecule has 0 amide bonds. The molecule has 106 valence electrons. The van der Waals surface area contributed by atoms with E-state index >= 15 is 0 Å². The number of hydrogen-bond donors (Lipinski definition) is 1. The largest absolute Gasteiger partial charge is 0.437 e. The third kappa shape index (κ3) is 2.71. The minimum absolute atomic E-state index is 0.0566. The molecule has 3 nitrogen and oxygen atoms in total. The predicted octanol–water partition coefficient (Wildman–Crippen LogP) is 4.48. The van der Waals surface area contributed by atoms with E-state index < -0.39 is 0 Å². The highest BCUT2D eigenvalue weighted by atomic mass is 35.5. The van der Waals surface area contributed by atoms with E-state index in [-0.39, 0.29) is 6.61 Å². The van der Waals surface area contributed by atoms with Crippen LogP contribution in [0.4, 0.5) is 0 Å². The molecular formula is C17H14ClNO2. The molecule has 0 unspecified atom stereocenters. The fourth-order valence-corrected chi connectivity index (χ4v) is 2.38. The van der Waals surface area contributed by atoms with Crippen molar-refractivity contribution in [1.29, 1.82) is 0 Å². The first kappa shape index (κ1) is 13.9. The molecule has 0 fully saturated rings. The van der Waals surface area contributed by atoms with E-state index in [0.717, 1.165) is 21.9 Å². The van der Waals surface area contributed by atoms with Crippen LogP contribution in [-0.4, -0.2) is 10.1 Å². The molecule has 0 spiro atoms. The van der Waals surface area contributed by atoms with E-state index in [1.54, 1.807) is 12.3 Å². The normalized spacial score (nSPS) is 10.8. The highest BCUT2D eigenvalue weighted by Gasteiger charge is 2.10. The van der Waals surface area contributed by atoms with E-state index in [1.165, 1.54) is 0 Å². The van der Waals surface area contributed by atoms with Crippen LogP contribution in [-0.2, 0) is 6.61 Å². The zero-order chi connectivity index (χ0) is 14.8. The van der Waals surface area contributed by atoms with Gasteiger partial charge in [0.25, 0.3) is 0 Å². The average Bonchev–Trinajstić information content (AvgIpc) is 2.51. The molecule has 3 aromatic rings. The standard InChI is InChI=1S/C17H14ClNO2/c1-11-6-7-15(18)16(8-11)21-17-14-5-3-2-4-13(14)12(10-20)9-19-17/h2-9,20H,10H2,1H3. The Morgan fingerprint density at radius 3 is 2.67 bits per heavy atom. The number of rotatable bonds is 3. The first-order valence-corrected chi connectivity index (χ1v) is 6.98. The Hall–Kier alpha value is -2.10. The number of benzene rings is 2. The van der Waals surface area contributed by atoms with Gasteiger partial charge in [-0.15, -0.1) is 0 Å². The van der Waals surface area contributed by atoms with Gasteiger partial charge in [-0.05, 0) is 36.1 Å². The Kier molecular flexibility index (Phi) is 3.78. The molecule has 0 bridgehead atoms. The van der Waals surface area contributed by atoms with E-state index in [4.69, 9.17) is 16.3 Å². The van der Waals surface area contributed by atoms with Gasteiger partial charge in [-0.3, -0.25) is 0 Å². The van der Waals surface area contributed by atoms with Gasteiger partial charge in [0.1, 0.15) is 5.75 Å². The van der Waals surface area contributed by atoms with Crippen molar-refractivity contribution in [2.24, 2.45) is 0 Å². The zero-order valence-corrected chi connectivity index (χ0v) is 12.3. The molecule has 21 heavy (non-hydrogen) atoms. The summed E-state index contributed by atoms with van der Waals surface area (Å²) in [7, 11) is 0. The van der Waals surface area contributed by atoms with Gasteiger partial charge in [-0.1, -0.05) is 35.9 Å². The lowest BCUT2D eigenvalue weighted by Crippen LogP contribution is -1.94. The number of nitrogens with zero attached hydrogens (tertiary/aromatic N) is 1. The maximum Gasteiger partial charge on any atom is 0.227 e. The van der Waals surface area contributed by atoms with Gasteiger partial charge in [0.2, 0.25) is 5.88 Å². The second kappa shape index (κ2) is 5.72. The summed E-state index contributed by atoms with van der Waals surface area (Å²) in [5, 5.41) is 11.7. The number of aryl methyl sites for hydroxylation is 1. The molecule has 0 aliphatic carbocycles. The number of aromatic nitrogens is 1. The first-order valence-electron chi connectivity index (χ1n) is 6.60. The number of fused-ring (bicyclic) bond motifs is 1. The summed E-state index contributed by atoms with van der Waals surface area (Å²) in [6.07, 6.45) is 1.63. The summed E-state index contributed by atoms with van der Waals surface area (Å²) in [6.45, 7) is 1.92. The van der Waals surface area contributed by atoms with Crippen molar-refractivity contribution in [1.82, 2.24) is 4.98 Å². The average molecular weight is 300 g/mol. The zero-order valence-electron chi connectivity index (χ0n) is 11.5. The van der Waals surface area contributed by atoms with Gasteiger partial charge >= 0.3 is 0 Å². The fraction of sp³-hybridized carbons (Fsp3) is 0.118. The summed E-state index contributed by atoms with van der Waals surface area (Å²) in [5.41, 5.74) is 1.83. The van der Waals surface area contributed by atoms with Crippen molar-refractivity contribution in [3.63, 3.8) is 0 Å². The van der Waals surface area contributed by atoms with Crippen LogP contribution >= 0.6 is 11.6 Å². The van der Waals surface area contributed by atoms with Gasteiger partial charge in [-0.25, -0.2) is 4.98 Å². The smallest absolute Gasteiger partial charge is 0.227 e. The monoisotopic (exact) mass is 299 g/mol. The second-order valence-corrected chi connectivity index (χ2v) is 5.24. The van der Waals surface area contributed by atoms with E-state index in [2.05, 4.69) is 4.98 Å². The SMILES string of the molecule is Cc1ccc(Cl)c(Oc2ncc(CO)c3ccccc23)c1. The molecule has 0 radical (unpaired) electrons. The lowest BCUT2D eigenvalue weighted by atomic mass is 10.1. The van der Waals surface area contributed by atoms with Gasteiger partial charge in [0, 0.05) is 17.1 Å². The van der Waals surface area contributed by atoms with Crippen LogP contribution in [0.15, 0.2) is 48.7 Å². The third-order valence-corrected chi connectivity index (χ3v) is 3.62. The molecule has 0 aliphatic heterocycles. The third-order valence-electron chi connectivity index (χ3n) is 3.30. The molecule has 4 heteroatoms. The Morgan fingerprint density at radius 1 is 1.14 bits per heavy atom. The fourth-order valence-electron chi connectivity index (χ4n) is 2.23. The Balaban J connectivity index is 2.11. The van der Waals surface area contributed by atoms with E-state index in [0.29, 0.717) is 16.7 Å². The summed E-state index contributed by atoms with van der Waals surface area (Å²) < 4.78 is 5.88. The molecule has 1 heterocycles. The van der Waals surface area contributed by atoms with Gasteiger partial charge in [-0.2, -0.15) is 0 Å². The summed E-state index contributed by atoms with van der Waals surface area (Å²) in [6, 6.07) is 13.3. The topological polar surface area (TPSA) is 42.4 Å². The quantitative estimate of drug-likeness (QED) is 0.775. The molecule has 2 aromatic carbocycles. The van der Waals surface area contributed by atoms with Crippen LogP contribution < -0.4 is 4.74 Å². The highest BCUT2D eigenvalue weighted by Crippen LogP contribution is 2.33. The Morgan fingerprint density at radius 2 is 1.90 bits per heavy atom. The molecule has 0 saturated carbocycles. The maximum atomic E-state index is 9.39. The van der Waals surface area contributed by atoms with Gasteiger partial charge < -0.3 is 9.84 Å². The van der Waals surface area contributed by atoms with Crippen molar-refractivity contribution in [3.05, 3.63) is 64.8 Å². The summed E-state index contributed by atoms with van der Waals surface area (Å²) in [5.74, 6) is 1.06. The molecule has 1 N–H and O–H groups in total. The molecule has 1 aromatic heterocycles. The lowest BCUT2D eigenvalue weighted by Gasteiger charge is -2.11.